The molecule has 0 radical (unpaired) electrons. The maximum absolute atomic E-state index is 11.9. The molecular formula is C11H15N3O4. The minimum atomic E-state index is -0.646. The van der Waals surface area contributed by atoms with Gasteiger partial charge in [-0.1, -0.05) is 0 Å². The van der Waals surface area contributed by atoms with Crippen molar-refractivity contribution in [3.05, 3.63) is 0 Å². The summed E-state index contributed by atoms with van der Waals surface area (Å²) in [6.07, 6.45) is 1.38. The summed E-state index contributed by atoms with van der Waals surface area (Å²) < 4.78 is 0. The van der Waals surface area contributed by atoms with Crippen molar-refractivity contribution in [1.29, 1.82) is 0 Å². The molecule has 0 aromatic rings. The first kappa shape index (κ1) is 12.5. The second kappa shape index (κ2) is 5.16. The molecule has 2 atom stereocenters. The van der Waals surface area contributed by atoms with Gasteiger partial charge in [-0.15, -0.1) is 0 Å². The molecule has 2 rings (SSSR count). The van der Waals surface area contributed by atoms with Gasteiger partial charge < -0.3 is 10.6 Å². The number of nitrogens with one attached hydrogen (secondary N) is 3. The minimum Gasteiger partial charge on any atom is -0.355 e. The number of amides is 4. The van der Waals surface area contributed by atoms with E-state index in [1.54, 1.807) is 0 Å². The van der Waals surface area contributed by atoms with E-state index in [2.05, 4.69) is 16.0 Å². The van der Waals surface area contributed by atoms with Gasteiger partial charge in [0.2, 0.25) is 23.6 Å². The van der Waals surface area contributed by atoms with Crippen LogP contribution in [0.1, 0.15) is 25.7 Å². The van der Waals surface area contributed by atoms with Crippen LogP contribution in [0, 0.1) is 5.92 Å². The Morgan fingerprint density at radius 2 is 1.83 bits per heavy atom. The Hall–Kier alpha value is -1.92. The second-order valence-corrected chi connectivity index (χ2v) is 4.55. The van der Waals surface area contributed by atoms with Gasteiger partial charge >= 0.3 is 0 Å². The van der Waals surface area contributed by atoms with Gasteiger partial charge in [-0.05, 0) is 12.8 Å². The first-order valence-electron chi connectivity index (χ1n) is 5.97. The summed E-state index contributed by atoms with van der Waals surface area (Å²) in [6, 6.07) is -0.646. The second-order valence-electron chi connectivity index (χ2n) is 4.55. The molecule has 2 saturated heterocycles. The van der Waals surface area contributed by atoms with Gasteiger partial charge in [0.25, 0.3) is 0 Å². The summed E-state index contributed by atoms with van der Waals surface area (Å²) in [5.74, 6) is -1.37. The van der Waals surface area contributed by atoms with Gasteiger partial charge in [-0.3, -0.25) is 24.5 Å². The monoisotopic (exact) mass is 253 g/mol. The SMILES string of the molecule is O=C1CCC(C(=O)NC2CCC(=O)NC2=O)CN1. The fraction of sp³-hybridized carbons (Fsp3) is 0.636. The molecule has 2 aliphatic rings. The van der Waals surface area contributed by atoms with E-state index in [1.165, 1.54) is 0 Å². The van der Waals surface area contributed by atoms with Crippen molar-refractivity contribution in [3.63, 3.8) is 0 Å². The number of carbonyl (C=O) groups is 4. The van der Waals surface area contributed by atoms with Gasteiger partial charge in [0.1, 0.15) is 6.04 Å². The van der Waals surface area contributed by atoms with E-state index in [4.69, 9.17) is 0 Å². The zero-order chi connectivity index (χ0) is 13.1. The van der Waals surface area contributed by atoms with Crippen molar-refractivity contribution in [1.82, 2.24) is 16.0 Å². The predicted octanol–water partition coefficient (Wildman–Crippen LogP) is -1.57. The van der Waals surface area contributed by atoms with Crippen LogP contribution >= 0.6 is 0 Å². The van der Waals surface area contributed by atoms with Crippen molar-refractivity contribution < 1.29 is 19.2 Å². The zero-order valence-corrected chi connectivity index (χ0v) is 9.82. The summed E-state index contributed by atoms with van der Waals surface area (Å²) in [7, 11) is 0. The minimum absolute atomic E-state index is 0.0555. The van der Waals surface area contributed by atoms with Crippen molar-refractivity contribution >= 4 is 23.6 Å². The summed E-state index contributed by atoms with van der Waals surface area (Å²) >= 11 is 0. The lowest BCUT2D eigenvalue weighted by atomic mass is 9.97. The van der Waals surface area contributed by atoms with Gasteiger partial charge in [0, 0.05) is 19.4 Å². The number of piperidine rings is 2. The molecule has 7 heteroatoms. The van der Waals surface area contributed by atoms with Gasteiger partial charge in [0.15, 0.2) is 0 Å². The number of hydrogen-bond donors (Lipinski definition) is 3. The molecular weight excluding hydrogens is 238 g/mol. The highest BCUT2D eigenvalue weighted by molar-refractivity contribution is 6.01. The number of rotatable bonds is 2. The van der Waals surface area contributed by atoms with Crippen LogP contribution in [0.15, 0.2) is 0 Å². The van der Waals surface area contributed by atoms with Gasteiger partial charge in [-0.2, -0.15) is 0 Å². The average molecular weight is 253 g/mol. The van der Waals surface area contributed by atoms with E-state index in [9.17, 15) is 19.2 Å². The predicted molar refractivity (Wildman–Crippen MR) is 60.0 cm³/mol. The lowest BCUT2D eigenvalue weighted by Gasteiger charge is -2.26. The Morgan fingerprint density at radius 3 is 2.44 bits per heavy atom. The highest BCUT2D eigenvalue weighted by atomic mass is 16.2. The normalized spacial score (nSPS) is 28.3. The average Bonchev–Trinajstić information content (AvgIpc) is 2.33. The third-order valence-electron chi connectivity index (χ3n) is 3.19. The van der Waals surface area contributed by atoms with Crippen molar-refractivity contribution in [3.8, 4) is 0 Å². The van der Waals surface area contributed by atoms with E-state index in [0.717, 1.165) is 0 Å². The largest absolute Gasteiger partial charge is 0.355 e. The van der Waals surface area contributed by atoms with Crippen molar-refractivity contribution in [2.75, 3.05) is 6.54 Å². The van der Waals surface area contributed by atoms with Crippen LogP contribution in [0.3, 0.4) is 0 Å². The molecule has 98 valence electrons. The highest BCUT2D eigenvalue weighted by Gasteiger charge is 2.31. The Morgan fingerprint density at radius 1 is 1.11 bits per heavy atom. The Labute approximate surface area is 104 Å². The lowest BCUT2D eigenvalue weighted by molar-refractivity contribution is -0.139. The van der Waals surface area contributed by atoms with Crippen LogP contribution in [0.5, 0.6) is 0 Å². The Bertz CT molecular complexity index is 397. The van der Waals surface area contributed by atoms with Crippen molar-refractivity contribution in [2.45, 2.75) is 31.7 Å². The summed E-state index contributed by atoms with van der Waals surface area (Å²) in [5.41, 5.74) is 0. The molecule has 0 saturated carbocycles. The summed E-state index contributed by atoms with van der Waals surface area (Å²) in [6.45, 7) is 0.304. The Kier molecular flexibility index (Phi) is 3.59. The van der Waals surface area contributed by atoms with E-state index in [0.29, 0.717) is 25.8 Å². The van der Waals surface area contributed by atoms with Crippen LogP contribution in [-0.2, 0) is 19.2 Å². The molecule has 18 heavy (non-hydrogen) atoms. The molecule has 7 nitrogen and oxygen atoms in total. The third kappa shape index (κ3) is 2.85. The van der Waals surface area contributed by atoms with Crippen LogP contribution in [0.25, 0.3) is 0 Å². The molecule has 0 aromatic heterocycles. The fourth-order valence-electron chi connectivity index (χ4n) is 2.08. The maximum Gasteiger partial charge on any atom is 0.249 e. The summed E-state index contributed by atoms with van der Waals surface area (Å²) in [4.78, 5) is 45.2. The molecule has 2 unspecified atom stereocenters. The highest BCUT2D eigenvalue weighted by Crippen LogP contribution is 2.12. The number of hydrogen-bond acceptors (Lipinski definition) is 4. The molecule has 2 heterocycles. The third-order valence-corrected chi connectivity index (χ3v) is 3.19. The molecule has 3 N–H and O–H groups in total. The smallest absolute Gasteiger partial charge is 0.249 e. The standard InChI is InChI=1S/C11H15N3O4/c15-8-3-1-6(5-12-8)10(17)13-7-2-4-9(16)14-11(7)18/h6-7H,1-5H2,(H,12,15)(H,13,17)(H,14,16,18). The van der Waals surface area contributed by atoms with Crippen molar-refractivity contribution in [2.24, 2.45) is 5.92 Å². The van der Waals surface area contributed by atoms with E-state index in [-0.39, 0.29) is 30.1 Å². The molecule has 0 spiro atoms. The van der Waals surface area contributed by atoms with Crippen LogP contribution in [0.2, 0.25) is 0 Å². The quantitative estimate of drug-likeness (QED) is 0.517. The fourth-order valence-corrected chi connectivity index (χ4v) is 2.08. The van der Waals surface area contributed by atoms with Gasteiger partial charge in [0.05, 0.1) is 5.92 Å². The Balaban J connectivity index is 1.85. The maximum atomic E-state index is 11.9. The first-order chi connectivity index (χ1) is 8.56. The van der Waals surface area contributed by atoms with E-state index >= 15 is 0 Å². The number of carbonyl (C=O) groups excluding carboxylic acids is 4. The van der Waals surface area contributed by atoms with Crippen LogP contribution < -0.4 is 16.0 Å². The molecule has 2 fully saturated rings. The van der Waals surface area contributed by atoms with Gasteiger partial charge in [-0.25, -0.2) is 0 Å². The molecule has 0 aromatic carbocycles. The zero-order valence-electron chi connectivity index (χ0n) is 9.82. The topological polar surface area (TPSA) is 104 Å². The molecule has 0 bridgehead atoms. The van der Waals surface area contributed by atoms with E-state index < -0.39 is 11.9 Å². The number of imide groups is 1. The lowest BCUT2D eigenvalue weighted by Crippen LogP contribution is -2.54. The van der Waals surface area contributed by atoms with E-state index in [1.807, 2.05) is 0 Å². The van der Waals surface area contributed by atoms with Crippen LogP contribution in [-0.4, -0.2) is 36.2 Å². The molecule has 4 amide bonds. The first-order valence-corrected chi connectivity index (χ1v) is 5.97. The molecule has 0 aliphatic carbocycles. The summed E-state index contributed by atoms with van der Waals surface area (Å²) in [5, 5.41) is 7.42. The molecule has 2 aliphatic heterocycles. The van der Waals surface area contributed by atoms with Crippen LogP contribution in [0.4, 0.5) is 0 Å².